The number of fused-ring (bicyclic) bond motifs is 4. The second-order valence-corrected chi connectivity index (χ2v) is 6.89. The van der Waals surface area contributed by atoms with Gasteiger partial charge in [0.2, 0.25) is 5.91 Å². The highest BCUT2D eigenvalue weighted by Gasteiger charge is 2.65. The van der Waals surface area contributed by atoms with Crippen LogP contribution >= 0.6 is 0 Å². The number of hydrogen-bond donors (Lipinski definition) is 0. The molecule has 2 bridgehead atoms. The van der Waals surface area contributed by atoms with Crippen LogP contribution in [0.15, 0.2) is 41.2 Å². The van der Waals surface area contributed by atoms with Gasteiger partial charge in [-0.15, -0.1) is 0 Å². The van der Waals surface area contributed by atoms with E-state index in [4.69, 9.17) is 0 Å². The van der Waals surface area contributed by atoms with E-state index in [0.29, 0.717) is 0 Å². The molecule has 2 fully saturated rings. The van der Waals surface area contributed by atoms with Gasteiger partial charge in [-0.2, -0.15) is 0 Å². The SMILES string of the molecule is O=C1[C@@H]2C[C@@H]3N1CC[C@@]31c3ccccc3-n3c1c2ccc3=O. The Morgan fingerprint density at radius 2 is 1.95 bits per heavy atom. The van der Waals surface area contributed by atoms with Crippen LogP contribution in [-0.2, 0) is 10.2 Å². The van der Waals surface area contributed by atoms with Crippen molar-refractivity contribution >= 4 is 5.91 Å². The van der Waals surface area contributed by atoms with Gasteiger partial charge < -0.3 is 4.90 Å². The van der Waals surface area contributed by atoms with E-state index < -0.39 is 0 Å². The standard InChI is InChI=1S/C18H14N2O2/c21-15-6-5-10-11-9-14-18(7-8-19(14)17(11)22)12-3-1-2-4-13(12)20(15)16(10)18/h1-6,11,14H,7-9H2/t11-,14+,18-/m1/s1. The summed E-state index contributed by atoms with van der Waals surface area (Å²) in [5.74, 6) is 0.213. The zero-order valence-corrected chi connectivity index (χ0v) is 12.0. The van der Waals surface area contributed by atoms with Crippen LogP contribution in [0.4, 0.5) is 0 Å². The van der Waals surface area contributed by atoms with E-state index in [1.54, 1.807) is 6.07 Å². The second kappa shape index (κ2) is 3.19. The summed E-state index contributed by atoms with van der Waals surface area (Å²) in [6.07, 6.45) is 1.84. The Labute approximate surface area is 127 Å². The van der Waals surface area contributed by atoms with Gasteiger partial charge in [0.25, 0.3) is 5.56 Å². The van der Waals surface area contributed by atoms with Crippen LogP contribution in [0.3, 0.4) is 0 Å². The zero-order valence-electron chi connectivity index (χ0n) is 12.0. The normalized spacial score (nSPS) is 32.4. The van der Waals surface area contributed by atoms with Gasteiger partial charge in [-0.25, -0.2) is 0 Å². The molecular formula is C18H14N2O2. The fraction of sp³-hybridized carbons (Fsp3) is 0.333. The van der Waals surface area contributed by atoms with Crippen LogP contribution in [0, 0.1) is 0 Å². The number of pyridine rings is 1. The molecule has 2 saturated heterocycles. The molecule has 1 amide bonds. The molecule has 1 aliphatic carbocycles. The van der Waals surface area contributed by atoms with Crippen LogP contribution in [0.5, 0.6) is 0 Å². The molecule has 0 radical (unpaired) electrons. The van der Waals surface area contributed by atoms with E-state index in [1.165, 1.54) is 5.56 Å². The minimum absolute atomic E-state index is 0.0234. The van der Waals surface area contributed by atoms with Gasteiger partial charge in [0.05, 0.1) is 17.0 Å². The van der Waals surface area contributed by atoms with E-state index in [1.807, 2.05) is 22.8 Å². The molecule has 0 unspecified atom stereocenters. The van der Waals surface area contributed by atoms with E-state index >= 15 is 0 Å². The number of benzene rings is 1. The predicted molar refractivity (Wildman–Crippen MR) is 80.3 cm³/mol. The smallest absolute Gasteiger partial charge is 0.255 e. The van der Waals surface area contributed by atoms with Gasteiger partial charge in [0.1, 0.15) is 0 Å². The molecule has 4 heterocycles. The number of hydrogen-bond acceptors (Lipinski definition) is 2. The lowest BCUT2D eigenvalue weighted by atomic mass is 9.65. The molecule has 3 atom stereocenters. The number of carbonyl (C=O) groups excluding carboxylic acids is 1. The molecule has 108 valence electrons. The van der Waals surface area contributed by atoms with Crippen molar-refractivity contribution in [3.63, 3.8) is 0 Å². The third-order valence-electron chi connectivity index (χ3n) is 6.28. The molecule has 1 spiro atoms. The van der Waals surface area contributed by atoms with E-state index in [2.05, 4.69) is 17.0 Å². The lowest BCUT2D eigenvalue weighted by Gasteiger charge is -2.36. The molecule has 6 rings (SSSR count). The van der Waals surface area contributed by atoms with Crippen molar-refractivity contribution in [3.05, 3.63) is 63.6 Å². The van der Waals surface area contributed by atoms with Gasteiger partial charge in [-0.05, 0) is 30.0 Å². The maximum absolute atomic E-state index is 12.7. The van der Waals surface area contributed by atoms with Crippen molar-refractivity contribution in [2.75, 3.05) is 6.54 Å². The van der Waals surface area contributed by atoms with Crippen LogP contribution < -0.4 is 5.56 Å². The summed E-state index contributed by atoms with van der Waals surface area (Å²) in [5, 5.41) is 0. The quantitative estimate of drug-likeness (QED) is 0.738. The summed E-state index contributed by atoms with van der Waals surface area (Å²) in [6, 6.07) is 12.0. The molecule has 4 nitrogen and oxygen atoms in total. The summed E-state index contributed by atoms with van der Waals surface area (Å²) < 4.78 is 1.88. The highest BCUT2D eigenvalue weighted by Crippen LogP contribution is 2.61. The van der Waals surface area contributed by atoms with Crippen molar-refractivity contribution in [1.29, 1.82) is 0 Å². The number of carbonyl (C=O) groups is 1. The van der Waals surface area contributed by atoms with E-state index in [0.717, 1.165) is 36.3 Å². The number of amides is 1. The van der Waals surface area contributed by atoms with Crippen molar-refractivity contribution < 1.29 is 4.79 Å². The van der Waals surface area contributed by atoms with Crippen LogP contribution in [0.25, 0.3) is 5.69 Å². The average Bonchev–Trinajstić information content (AvgIpc) is 3.15. The van der Waals surface area contributed by atoms with Crippen molar-refractivity contribution in [1.82, 2.24) is 9.47 Å². The van der Waals surface area contributed by atoms with Crippen molar-refractivity contribution in [3.8, 4) is 5.69 Å². The van der Waals surface area contributed by atoms with Gasteiger partial charge in [0, 0.05) is 24.3 Å². The zero-order chi connectivity index (χ0) is 14.6. The molecule has 22 heavy (non-hydrogen) atoms. The van der Waals surface area contributed by atoms with Gasteiger partial charge >= 0.3 is 0 Å². The highest BCUT2D eigenvalue weighted by molar-refractivity contribution is 5.90. The average molecular weight is 290 g/mol. The molecule has 4 heteroatoms. The minimum Gasteiger partial charge on any atom is -0.338 e. The summed E-state index contributed by atoms with van der Waals surface area (Å²) in [5.41, 5.74) is 4.31. The molecule has 0 N–H and O–H groups in total. The fourth-order valence-corrected chi connectivity index (χ4v) is 5.56. The van der Waals surface area contributed by atoms with E-state index in [-0.39, 0.29) is 28.8 Å². The van der Waals surface area contributed by atoms with Crippen molar-refractivity contribution in [2.24, 2.45) is 0 Å². The second-order valence-electron chi connectivity index (χ2n) is 6.89. The van der Waals surface area contributed by atoms with Gasteiger partial charge in [0.15, 0.2) is 0 Å². The summed E-state index contributed by atoms with van der Waals surface area (Å²) in [6.45, 7) is 0.816. The predicted octanol–water partition coefficient (Wildman–Crippen LogP) is 1.54. The van der Waals surface area contributed by atoms with Crippen LogP contribution in [-0.4, -0.2) is 28.0 Å². The monoisotopic (exact) mass is 290 g/mol. The Balaban J connectivity index is 1.87. The number of rotatable bonds is 0. The molecule has 1 aromatic heterocycles. The molecule has 2 aromatic rings. The Hall–Kier alpha value is -2.36. The number of aromatic nitrogens is 1. The topological polar surface area (TPSA) is 42.3 Å². The minimum atomic E-state index is -0.158. The summed E-state index contributed by atoms with van der Waals surface area (Å²) >= 11 is 0. The lowest BCUT2D eigenvalue weighted by Crippen LogP contribution is -2.41. The maximum atomic E-state index is 12.7. The first-order chi connectivity index (χ1) is 10.7. The van der Waals surface area contributed by atoms with Crippen LogP contribution in [0.1, 0.15) is 35.6 Å². The molecule has 4 aliphatic rings. The molecule has 0 saturated carbocycles. The Kier molecular flexibility index (Phi) is 1.63. The first-order valence-electron chi connectivity index (χ1n) is 7.90. The van der Waals surface area contributed by atoms with Gasteiger partial charge in [-0.1, -0.05) is 24.3 Å². The lowest BCUT2D eigenvalue weighted by molar-refractivity contribution is -0.129. The Bertz CT molecular complexity index is 944. The third-order valence-corrected chi connectivity index (χ3v) is 6.28. The van der Waals surface area contributed by atoms with Crippen molar-refractivity contribution in [2.45, 2.75) is 30.2 Å². The van der Waals surface area contributed by atoms with E-state index in [9.17, 15) is 9.59 Å². The fourth-order valence-electron chi connectivity index (χ4n) is 5.56. The Morgan fingerprint density at radius 1 is 1.09 bits per heavy atom. The summed E-state index contributed by atoms with van der Waals surface area (Å²) in [4.78, 5) is 27.4. The molecular weight excluding hydrogens is 276 g/mol. The number of nitrogens with zero attached hydrogens (tertiary/aromatic N) is 2. The highest BCUT2D eigenvalue weighted by atomic mass is 16.2. The largest absolute Gasteiger partial charge is 0.338 e. The molecule has 1 aromatic carbocycles. The van der Waals surface area contributed by atoms with Gasteiger partial charge in [-0.3, -0.25) is 14.2 Å². The third kappa shape index (κ3) is 0.901. The maximum Gasteiger partial charge on any atom is 0.255 e. The first kappa shape index (κ1) is 11.2. The Morgan fingerprint density at radius 3 is 2.86 bits per heavy atom. The molecule has 3 aliphatic heterocycles. The first-order valence-corrected chi connectivity index (χ1v) is 7.90. The number of para-hydroxylation sites is 1. The summed E-state index contributed by atoms with van der Waals surface area (Å²) in [7, 11) is 0. The van der Waals surface area contributed by atoms with Crippen LogP contribution in [0.2, 0.25) is 0 Å².